The molecule has 0 unspecified atom stereocenters. The lowest BCUT2D eigenvalue weighted by atomic mass is 10.2. The van der Waals surface area contributed by atoms with Gasteiger partial charge in [0.25, 0.3) is 0 Å². The van der Waals surface area contributed by atoms with Gasteiger partial charge in [0, 0.05) is 12.6 Å². The number of hydrogen-bond donors (Lipinski definition) is 1. The average molecular weight is 185 g/mol. The first-order valence-electron chi connectivity index (χ1n) is 4.85. The summed E-state index contributed by atoms with van der Waals surface area (Å²) < 4.78 is 5.58. The molecule has 0 bridgehead atoms. The van der Waals surface area contributed by atoms with E-state index < -0.39 is 0 Å². The molecule has 78 valence electrons. The normalized spacial score (nSPS) is 12.2. The van der Waals surface area contributed by atoms with Crippen molar-refractivity contribution in [2.45, 2.75) is 46.3 Å². The fourth-order valence-corrected chi connectivity index (χ4v) is 0.718. The van der Waals surface area contributed by atoms with Gasteiger partial charge in [0.1, 0.15) is 0 Å². The first-order valence-corrected chi connectivity index (χ1v) is 4.85. The van der Waals surface area contributed by atoms with Crippen molar-refractivity contribution in [3.63, 3.8) is 0 Å². The Morgan fingerprint density at radius 2 is 1.92 bits per heavy atom. The Labute approximate surface area is 82.4 Å². The van der Waals surface area contributed by atoms with E-state index in [2.05, 4.69) is 46.5 Å². The van der Waals surface area contributed by atoms with E-state index in [0.29, 0.717) is 12.6 Å². The van der Waals surface area contributed by atoms with Gasteiger partial charge in [-0.25, -0.2) is 0 Å². The molecule has 0 saturated carbocycles. The first kappa shape index (κ1) is 12.7. The highest BCUT2D eigenvalue weighted by Gasteiger charge is 2.10. The van der Waals surface area contributed by atoms with E-state index in [-0.39, 0.29) is 5.60 Å². The smallest absolute Gasteiger partial charge is 0.0693 e. The molecular formula is C11H23NO. The van der Waals surface area contributed by atoms with Gasteiger partial charge in [-0.05, 0) is 26.3 Å². The van der Waals surface area contributed by atoms with Gasteiger partial charge in [0.15, 0.2) is 0 Å². The Morgan fingerprint density at radius 3 is 2.31 bits per heavy atom. The van der Waals surface area contributed by atoms with Gasteiger partial charge in [-0.2, -0.15) is 0 Å². The van der Waals surface area contributed by atoms with E-state index in [4.69, 9.17) is 4.74 Å². The van der Waals surface area contributed by atoms with Gasteiger partial charge >= 0.3 is 0 Å². The van der Waals surface area contributed by atoms with Crippen LogP contribution in [0.15, 0.2) is 12.2 Å². The Kier molecular flexibility index (Phi) is 5.26. The zero-order valence-corrected chi connectivity index (χ0v) is 9.61. The number of ether oxygens (including phenoxy) is 1. The molecule has 13 heavy (non-hydrogen) atoms. The zero-order valence-electron chi connectivity index (χ0n) is 9.61. The topological polar surface area (TPSA) is 21.3 Å². The quantitative estimate of drug-likeness (QED) is 0.664. The molecule has 0 amide bonds. The third-order valence-corrected chi connectivity index (χ3v) is 1.47. The molecule has 0 aliphatic heterocycles. The number of hydrogen-bond acceptors (Lipinski definition) is 2. The molecule has 0 aromatic heterocycles. The van der Waals surface area contributed by atoms with Crippen LogP contribution in [0.25, 0.3) is 0 Å². The van der Waals surface area contributed by atoms with E-state index in [0.717, 1.165) is 12.1 Å². The molecule has 0 aliphatic carbocycles. The predicted molar refractivity (Wildman–Crippen MR) is 58.0 cm³/mol. The summed E-state index contributed by atoms with van der Waals surface area (Å²) in [5.41, 5.74) is 1.03. The summed E-state index contributed by atoms with van der Waals surface area (Å²) in [6, 6.07) is 0.506. The van der Waals surface area contributed by atoms with Gasteiger partial charge in [0.05, 0.1) is 12.2 Å². The highest BCUT2D eigenvalue weighted by atomic mass is 16.5. The molecular weight excluding hydrogens is 162 g/mol. The van der Waals surface area contributed by atoms with Crippen LogP contribution in [0.2, 0.25) is 0 Å². The summed E-state index contributed by atoms with van der Waals surface area (Å²) in [7, 11) is 0. The highest BCUT2D eigenvalue weighted by Crippen LogP contribution is 2.07. The van der Waals surface area contributed by atoms with Crippen LogP contribution in [0, 0.1) is 0 Å². The monoisotopic (exact) mass is 185 g/mol. The molecule has 0 fully saturated rings. The standard InChI is InChI=1S/C11H23NO/c1-9(2)12-7-10(3)8-13-11(4,5)6/h9,12H,3,7-8H2,1-2,4-6H3. The van der Waals surface area contributed by atoms with Crippen LogP contribution in [0.3, 0.4) is 0 Å². The van der Waals surface area contributed by atoms with Crippen molar-refractivity contribution in [1.29, 1.82) is 0 Å². The molecule has 0 atom stereocenters. The molecule has 0 saturated heterocycles. The predicted octanol–water partition coefficient (Wildman–Crippen LogP) is 2.36. The second-order valence-corrected chi connectivity index (χ2v) is 4.69. The molecule has 2 nitrogen and oxygen atoms in total. The van der Waals surface area contributed by atoms with Crippen molar-refractivity contribution in [3.05, 3.63) is 12.2 Å². The first-order chi connectivity index (χ1) is 5.81. The van der Waals surface area contributed by atoms with Crippen molar-refractivity contribution < 1.29 is 4.74 Å². The molecule has 0 spiro atoms. The zero-order chi connectivity index (χ0) is 10.5. The molecule has 0 aromatic carbocycles. The third-order valence-electron chi connectivity index (χ3n) is 1.47. The van der Waals surface area contributed by atoms with Crippen molar-refractivity contribution in [2.24, 2.45) is 0 Å². The minimum absolute atomic E-state index is 0.0687. The lowest BCUT2D eigenvalue weighted by Gasteiger charge is -2.20. The summed E-state index contributed by atoms with van der Waals surface area (Å²) in [4.78, 5) is 0. The number of rotatable bonds is 5. The van der Waals surface area contributed by atoms with E-state index in [1.807, 2.05) is 0 Å². The Bertz CT molecular complexity index is 156. The van der Waals surface area contributed by atoms with Crippen LogP contribution < -0.4 is 5.32 Å². The van der Waals surface area contributed by atoms with Crippen LogP contribution in [-0.2, 0) is 4.74 Å². The average Bonchev–Trinajstić information content (AvgIpc) is 1.95. The lowest BCUT2D eigenvalue weighted by molar-refractivity contribution is 0.0106. The SMILES string of the molecule is C=C(CNC(C)C)COC(C)(C)C. The molecule has 0 radical (unpaired) electrons. The van der Waals surface area contributed by atoms with Gasteiger partial charge in [-0.1, -0.05) is 20.4 Å². The van der Waals surface area contributed by atoms with Gasteiger partial charge in [-0.3, -0.25) is 0 Å². The third kappa shape index (κ3) is 9.57. The van der Waals surface area contributed by atoms with E-state index >= 15 is 0 Å². The van der Waals surface area contributed by atoms with Crippen LogP contribution in [-0.4, -0.2) is 24.8 Å². The van der Waals surface area contributed by atoms with Crippen molar-refractivity contribution in [3.8, 4) is 0 Å². The van der Waals surface area contributed by atoms with Gasteiger partial charge < -0.3 is 10.1 Å². The minimum atomic E-state index is -0.0687. The summed E-state index contributed by atoms with van der Waals surface area (Å²) in [6.45, 7) is 15.8. The van der Waals surface area contributed by atoms with Crippen molar-refractivity contribution in [2.75, 3.05) is 13.2 Å². The lowest BCUT2D eigenvalue weighted by Crippen LogP contribution is -2.28. The maximum absolute atomic E-state index is 5.58. The molecule has 0 heterocycles. The summed E-state index contributed by atoms with van der Waals surface area (Å²) in [6.07, 6.45) is 0. The molecule has 0 rings (SSSR count). The largest absolute Gasteiger partial charge is 0.371 e. The van der Waals surface area contributed by atoms with Crippen LogP contribution in [0.5, 0.6) is 0 Å². The second kappa shape index (κ2) is 5.40. The Morgan fingerprint density at radius 1 is 1.38 bits per heavy atom. The van der Waals surface area contributed by atoms with Gasteiger partial charge in [-0.15, -0.1) is 0 Å². The summed E-state index contributed by atoms with van der Waals surface area (Å²) >= 11 is 0. The van der Waals surface area contributed by atoms with E-state index in [1.165, 1.54) is 0 Å². The Hall–Kier alpha value is -0.340. The maximum atomic E-state index is 5.58. The van der Waals surface area contributed by atoms with Crippen molar-refractivity contribution >= 4 is 0 Å². The van der Waals surface area contributed by atoms with E-state index in [1.54, 1.807) is 0 Å². The van der Waals surface area contributed by atoms with Gasteiger partial charge in [0.2, 0.25) is 0 Å². The van der Waals surface area contributed by atoms with E-state index in [9.17, 15) is 0 Å². The Balaban J connectivity index is 3.53. The molecule has 0 aromatic rings. The maximum Gasteiger partial charge on any atom is 0.0693 e. The van der Waals surface area contributed by atoms with Crippen LogP contribution >= 0.6 is 0 Å². The number of nitrogens with one attached hydrogen (secondary N) is 1. The van der Waals surface area contributed by atoms with Crippen LogP contribution in [0.1, 0.15) is 34.6 Å². The fourth-order valence-electron chi connectivity index (χ4n) is 0.718. The molecule has 2 heteroatoms. The summed E-state index contributed by atoms with van der Waals surface area (Å²) in [5.74, 6) is 0. The highest BCUT2D eigenvalue weighted by molar-refractivity contribution is 4.97. The summed E-state index contributed by atoms with van der Waals surface area (Å²) in [5, 5.41) is 3.30. The van der Waals surface area contributed by atoms with Crippen molar-refractivity contribution in [1.82, 2.24) is 5.32 Å². The molecule has 1 N–H and O–H groups in total. The van der Waals surface area contributed by atoms with Crippen LogP contribution in [0.4, 0.5) is 0 Å². The fraction of sp³-hybridized carbons (Fsp3) is 0.818. The second-order valence-electron chi connectivity index (χ2n) is 4.69. The molecule has 0 aliphatic rings. The minimum Gasteiger partial charge on any atom is -0.371 e.